The number of anilines is 2. The topological polar surface area (TPSA) is 32.3 Å². The molecule has 5 heteroatoms. The average molecular weight is 411 g/mol. The maximum Gasteiger partial charge on any atom is 0.227 e. The van der Waals surface area contributed by atoms with Crippen molar-refractivity contribution >= 4 is 40.5 Å². The molecule has 1 heterocycles. The third-order valence-corrected chi connectivity index (χ3v) is 5.69. The van der Waals surface area contributed by atoms with E-state index in [-0.39, 0.29) is 5.91 Å². The van der Waals surface area contributed by atoms with E-state index >= 15 is 0 Å². The number of benzene rings is 3. The highest BCUT2D eigenvalue weighted by molar-refractivity contribution is 6.39. The van der Waals surface area contributed by atoms with Crippen LogP contribution in [-0.4, -0.2) is 17.4 Å². The minimum atomic E-state index is 0.119. The predicted octanol–water partition coefficient (Wildman–Crippen LogP) is 5.86. The fourth-order valence-electron chi connectivity index (χ4n) is 3.53. The van der Waals surface area contributed by atoms with Crippen LogP contribution in [0.2, 0.25) is 10.0 Å². The van der Waals surface area contributed by atoms with E-state index in [9.17, 15) is 4.79 Å². The number of nitrogens with zero attached hydrogens (tertiary/aromatic N) is 1. The molecular formula is C23H20Cl2N2O. The van der Waals surface area contributed by atoms with Crippen LogP contribution < -0.4 is 5.32 Å². The van der Waals surface area contributed by atoms with Gasteiger partial charge in [-0.3, -0.25) is 4.79 Å². The fraction of sp³-hybridized carbons (Fsp3) is 0.174. The molecule has 142 valence electrons. The van der Waals surface area contributed by atoms with Gasteiger partial charge in [0.25, 0.3) is 0 Å². The van der Waals surface area contributed by atoms with Crippen molar-refractivity contribution in [2.75, 3.05) is 11.9 Å². The Bertz CT molecular complexity index is 999. The first-order chi connectivity index (χ1) is 13.6. The van der Waals surface area contributed by atoms with Crippen LogP contribution >= 0.6 is 23.2 Å². The van der Waals surface area contributed by atoms with E-state index in [1.54, 1.807) is 18.2 Å². The first kappa shape index (κ1) is 18.9. The average Bonchev–Trinajstić information content (AvgIpc) is 2.71. The van der Waals surface area contributed by atoms with Gasteiger partial charge >= 0.3 is 0 Å². The summed E-state index contributed by atoms with van der Waals surface area (Å²) in [5, 5.41) is 4.38. The molecule has 28 heavy (non-hydrogen) atoms. The van der Waals surface area contributed by atoms with Gasteiger partial charge in [0.05, 0.1) is 22.2 Å². The molecule has 1 N–H and O–H groups in total. The molecule has 0 atom stereocenters. The van der Waals surface area contributed by atoms with Crippen molar-refractivity contribution in [2.24, 2.45) is 0 Å². The molecule has 0 aromatic heterocycles. The van der Waals surface area contributed by atoms with Gasteiger partial charge in [-0.15, -0.1) is 0 Å². The summed E-state index contributed by atoms with van der Waals surface area (Å²) >= 11 is 12.6. The van der Waals surface area contributed by atoms with Gasteiger partial charge in [0.1, 0.15) is 0 Å². The van der Waals surface area contributed by atoms with Gasteiger partial charge in [0.15, 0.2) is 0 Å². The number of rotatable bonds is 4. The Morgan fingerprint density at radius 2 is 1.57 bits per heavy atom. The number of fused-ring (bicyclic) bond motifs is 1. The Labute approximate surface area is 174 Å². The zero-order chi connectivity index (χ0) is 19.5. The Kier molecular flexibility index (Phi) is 5.56. The number of halogens is 2. The maximum absolute atomic E-state index is 13.0. The Morgan fingerprint density at radius 3 is 2.36 bits per heavy atom. The lowest BCUT2D eigenvalue weighted by Crippen LogP contribution is -2.36. The maximum atomic E-state index is 13.0. The highest BCUT2D eigenvalue weighted by Gasteiger charge is 2.21. The van der Waals surface area contributed by atoms with E-state index in [2.05, 4.69) is 23.5 Å². The van der Waals surface area contributed by atoms with Gasteiger partial charge in [0.2, 0.25) is 5.91 Å². The zero-order valence-electron chi connectivity index (χ0n) is 15.3. The summed E-state index contributed by atoms with van der Waals surface area (Å²) in [6, 6.07) is 21.5. The van der Waals surface area contributed by atoms with E-state index in [0.29, 0.717) is 28.7 Å². The smallest absolute Gasteiger partial charge is 0.227 e. The van der Waals surface area contributed by atoms with Crippen LogP contribution in [0, 0.1) is 0 Å². The summed E-state index contributed by atoms with van der Waals surface area (Å²) in [6.07, 6.45) is 1.23. The molecule has 4 rings (SSSR count). The molecule has 3 nitrogen and oxygen atoms in total. The van der Waals surface area contributed by atoms with Gasteiger partial charge in [-0.25, -0.2) is 0 Å². The quantitative estimate of drug-likeness (QED) is 0.583. The first-order valence-corrected chi connectivity index (χ1v) is 10.0. The number of hydrogen-bond donors (Lipinski definition) is 1. The van der Waals surface area contributed by atoms with Crippen molar-refractivity contribution in [1.29, 1.82) is 0 Å². The minimum absolute atomic E-state index is 0.119. The molecule has 0 radical (unpaired) electrons. The van der Waals surface area contributed by atoms with Crippen LogP contribution in [0.1, 0.15) is 16.7 Å². The second-order valence-electron chi connectivity index (χ2n) is 6.89. The Hall–Kier alpha value is -2.49. The van der Waals surface area contributed by atoms with Crippen molar-refractivity contribution in [3.05, 3.63) is 93.5 Å². The van der Waals surface area contributed by atoms with Gasteiger partial charge in [-0.1, -0.05) is 71.7 Å². The summed E-state index contributed by atoms with van der Waals surface area (Å²) in [5.41, 5.74) is 4.97. The molecule has 0 spiro atoms. The van der Waals surface area contributed by atoms with E-state index in [4.69, 9.17) is 23.2 Å². The van der Waals surface area contributed by atoms with Crippen LogP contribution in [0.3, 0.4) is 0 Å². The van der Waals surface area contributed by atoms with E-state index in [0.717, 1.165) is 24.2 Å². The van der Waals surface area contributed by atoms with Crippen molar-refractivity contribution in [3.8, 4) is 0 Å². The number of para-hydroxylation sites is 2. The van der Waals surface area contributed by atoms with Gasteiger partial charge < -0.3 is 10.2 Å². The van der Waals surface area contributed by atoms with Crippen molar-refractivity contribution in [3.63, 3.8) is 0 Å². The van der Waals surface area contributed by atoms with Crippen LogP contribution in [0.25, 0.3) is 0 Å². The van der Waals surface area contributed by atoms with Crippen LogP contribution in [0.15, 0.2) is 66.7 Å². The van der Waals surface area contributed by atoms with E-state index in [1.807, 2.05) is 35.2 Å². The highest BCUT2D eigenvalue weighted by atomic mass is 35.5. The van der Waals surface area contributed by atoms with E-state index < -0.39 is 0 Å². The molecule has 0 saturated heterocycles. The lowest BCUT2D eigenvalue weighted by Gasteiger charge is -2.29. The number of carbonyl (C=O) groups is 1. The monoisotopic (exact) mass is 410 g/mol. The lowest BCUT2D eigenvalue weighted by molar-refractivity contribution is -0.131. The van der Waals surface area contributed by atoms with Crippen molar-refractivity contribution in [1.82, 2.24) is 4.90 Å². The Balaban J connectivity index is 1.52. The van der Waals surface area contributed by atoms with Crippen LogP contribution in [-0.2, 0) is 24.2 Å². The second-order valence-corrected chi connectivity index (χ2v) is 7.70. The number of hydrogen-bond acceptors (Lipinski definition) is 2. The Morgan fingerprint density at radius 1 is 0.893 bits per heavy atom. The van der Waals surface area contributed by atoms with Crippen LogP contribution in [0.5, 0.6) is 0 Å². The number of carbonyl (C=O) groups excluding carboxylic acids is 1. The molecular weight excluding hydrogens is 391 g/mol. The molecule has 3 aromatic rings. The lowest BCUT2D eigenvalue weighted by atomic mass is 9.99. The minimum Gasteiger partial charge on any atom is -0.353 e. The number of nitrogens with one attached hydrogen (secondary N) is 1. The normalized spacial score (nSPS) is 13.1. The number of amides is 1. The second kappa shape index (κ2) is 8.26. The summed E-state index contributed by atoms with van der Waals surface area (Å²) in [7, 11) is 0. The molecule has 0 aliphatic carbocycles. The molecule has 1 amide bonds. The molecule has 0 unspecified atom stereocenters. The predicted molar refractivity (Wildman–Crippen MR) is 115 cm³/mol. The molecule has 0 fully saturated rings. The zero-order valence-corrected chi connectivity index (χ0v) is 16.8. The molecule has 3 aromatic carbocycles. The summed E-state index contributed by atoms with van der Waals surface area (Å²) in [6.45, 7) is 1.42. The first-order valence-electron chi connectivity index (χ1n) is 9.25. The third-order valence-electron chi connectivity index (χ3n) is 5.06. The molecule has 0 saturated carbocycles. The summed E-state index contributed by atoms with van der Waals surface area (Å²) < 4.78 is 0. The fourth-order valence-corrected chi connectivity index (χ4v) is 4.02. The van der Waals surface area contributed by atoms with Crippen molar-refractivity contribution < 1.29 is 4.79 Å². The summed E-state index contributed by atoms with van der Waals surface area (Å²) in [5.74, 6) is 0.119. The molecule has 1 aliphatic rings. The third kappa shape index (κ3) is 4.01. The van der Waals surface area contributed by atoms with Gasteiger partial charge in [-0.2, -0.15) is 0 Å². The van der Waals surface area contributed by atoms with Gasteiger partial charge in [0, 0.05) is 18.8 Å². The largest absolute Gasteiger partial charge is 0.353 e. The molecule has 1 aliphatic heterocycles. The van der Waals surface area contributed by atoms with E-state index in [1.165, 1.54) is 11.1 Å². The molecule has 0 bridgehead atoms. The van der Waals surface area contributed by atoms with Gasteiger partial charge in [-0.05, 0) is 41.3 Å². The highest BCUT2D eigenvalue weighted by Crippen LogP contribution is 2.33. The SMILES string of the molecule is O=C(Cc1ccccc1Nc1c(Cl)cccc1Cl)N1CCc2ccccc2C1. The van der Waals surface area contributed by atoms with Crippen LogP contribution in [0.4, 0.5) is 11.4 Å². The van der Waals surface area contributed by atoms with Crippen molar-refractivity contribution in [2.45, 2.75) is 19.4 Å². The summed E-state index contributed by atoms with van der Waals surface area (Å²) in [4.78, 5) is 14.9. The standard InChI is InChI=1S/C23H20Cl2N2O/c24-19-9-5-10-20(25)23(19)26-21-11-4-3-7-17(21)14-22(28)27-13-12-16-6-1-2-8-18(16)15-27/h1-11,26H,12-15H2.